The molecule has 0 fully saturated rings. The van der Waals surface area contributed by atoms with Crippen LogP contribution in [0.5, 0.6) is 5.75 Å². The highest BCUT2D eigenvalue weighted by Crippen LogP contribution is 2.22. The minimum absolute atomic E-state index is 0.0181. The normalized spacial score (nSPS) is 12.7. The number of nitrogens with one attached hydrogen (secondary N) is 1. The number of sulfonamides is 1. The summed E-state index contributed by atoms with van der Waals surface area (Å²) >= 11 is 1.05. The summed E-state index contributed by atoms with van der Waals surface area (Å²) in [6, 6.07) is 19.3. The van der Waals surface area contributed by atoms with Gasteiger partial charge in [0.1, 0.15) is 12.4 Å². The summed E-state index contributed by atoms with van der Waals surface area (Å²) in [7, 11) is -3.94. The maximum absolute atomic E-state index is 13.1. The van der Waals surface area contributed by atoms with Gasteiger partial charge in [0.2, 0.25) is 0 Å². The number of rotatable bonds is 9. The standard InChI is InChI=1S/C27H30N2O5S2/c1-18-14-19(2)25(20(3)15-18)36(32,33)29-27(35-4)28-24(26(30)31)16-21-10-12-23(13-11-21)34-17-22-8-6-5-7-9-22/h5-15,24H,16-17H2,1-4H3,(H,28,29)(H,30,31)/t24-/m0/s1. The molecule has 0 amide bonds. The molecule has 2 N–H and O–H groups in total. The molecule has 0 aliphatic rings. The molecule has 0 aliphatic carbocycles. The van der Waals surface area contributed by atoms with E-state index in [1.807, 2.05) is 37.3 Å². The Kier molecular flexibility index (Phi) is 9.17. The van der Waals surface area contributed by atoms with Crippen molar-refractivity contribution in [1.29, 1.82) is 0 Å². The molecule has 7 nitrogen and oxygen atoms in total. The molecule has 0 bridgehead atoms. The topological polar surface area (TPSA) is 105 Å². The highest BCUT2D eigenvalue weighted by molar-refractivity contribution is 8.14. The minimum Gasteiger partial charge on any atom is -0.489 e. The number of carboxylic acid groups (broad SMARTS) is 1. The molecule has 3 aromatic carbocycles. The Bertz CT molecular complexity index is 1320. The summed E-state index contributed by atoms with van der Waals surface area (Å²) in [6.07, 6.45) is 1.75. The fraction of sp³-hybridized carbons (Fsp3) is 0.259. The number of aliphatic imine (C=N–C) groups is 1. The number of benzene rings is 3. The van der Waals surface area contributed by atoms with Gasteiger partial charge >= 0.3 is 5.97 Å². The van der Waals surface area contributed by atoms with Crippen molar-refractivity contribution in [3.8, 4) is 5.75 Å². The van der Waals surface area contributed by atoms with Gasteiger partial charge in [0.15, 0.2) is 11.2 Å². The number of carboxylic acids is 1. The monoisotopic (exact) mass is 526 g/mol. The average molecular weight is 527 g/mol. The number of hydrogen-bond acceptors (Lipinski definition) is 6. The first-order chi connectivity index (χ1) is 17.1. The number of thioether (sulfide) groups is 1. The van der Waals surface area contributed by atoms with Crippen LogP contribution in [0.1, 0.15) is 27.8 Å². The van der Waals surface area contributed by atoms with E-state index in [0.29, 0.717) is 23.5 Å². The van der Waals surface area contributed by atoms with Crippen LogP contribution in [0.15, 0.2) is 76.6 Å². The first-order valence-corrected chi connectivity index (χ1v) is 14.0. The van der Waals surface area contributed by atoms with Crippen LogP contribution in [0, 0.1) is 20.8 Å². The van der Waals surface area contributed by atoms with Crippen LogP contribution >= 0.6 is 11.8 Å². The van der Waals surface area contributed by atoms with Crippen LogP contribution in [-0.2, 0) is 27.8 Å². The SMILES string of the molecule is CSC(=N[C@@H](Cc1ccc(OCc2ccccc2)cc1)C(=O)O)NS(=O)(=O)c1c(C)cc(C)cc1C. The first kappa shape index (κ1) is 27.3. The van der Waals surface area contributed by atoms with Gasteiger partial charge in [-0.3, -0.25) is 4.72 Å². The molecule has 0 unspecified atom stereocenters. The Morgan fingerprint density at radius 2 is 1.61 bits per heavy atom. The number of hydrogen-bond donors (Lipinski definition) is 2. The maximum atomic E-state index is 13.1. The average Bonchev–Trinajstić information content (AvgIpc) is 2.82. The van der Waals surface area contributed by atoms with Crippen LogP contribution in [-0.4, -0.2) is 37.0 Å². The smallest absolute Gasteiger partial charge is 0.328 e. The van der Waals surface area contributed by atoms with E-state index in [9.17, 15) is 18.3 Å². The van der Waals surface area contributed by atoms with Crippen molar-refractivity contribution in [2.24, 2.45) is 4.99 Å². The lowest BCUT2D eigenvalue weighted by molar-refractivity contribution is -0.138. The lowest BCUT2D eigenvalue weighted by Crippen LogP contribution is -2.32. The highest BCUT2D eigenvalue weighted by atomic mass is 32.2. The van der Waals surface area contributed by atoms with Crippen molar-refractivity contribution >= 4 is 32.9 Å². The second kappa shape index (κ2) is 12.1. The van der Waals surface area contributed by atoms with Gasteiger partial charge in [0.25, 0.3) is 10.0 Å². The van der Waals surface area contributed by atoms with Crippen molar-refractivity contribution in [3.05, 3.63) is 94.5 Å². The molecule has 0 aliphatic heterocycles. The van der Waals surface area contributed by atoms with Gasteiger partial charge in [-0.05, 0) is 61.4 Å². The van der Waals surface area contributed by atoms with Gasteiger partial charge in [-0.1, -0.05) is 71.9 Å². The fourth-order valence-corrected chi connectivity index (χ4v) is 6.14. The van der Waals surface area contributed by atoms with E-state index in [2.05, 4.69) is 9.71 Å². The van der Waals surface area contributed by atoms with Crippen molar-refractivity contribution < 1.29 is 23.1 Å². The van der Waals surface area contributed by atoms with Crippen LogP contribution in [0.2, 0.25) is 0 Å². The number of aliphatic carboxylic acids is 1. The van der Waals surface area contributed by atoms with E-state index in [1.165, 1.54) is 0 Å². The number of aryl methyl sites for hydroxylation is 3. The van der Waals surface area contributed by atoms with Gasteiger partial charge < -0.3 is 9.84 Å². The van der Waals surface area contributed by atoms with Gasteiger partial charge in [-0.15, -0.1) is 0 Å². The van der Waals surface area contributed by atoms with Crippen molar-refractivity contribution in [2.75, 3.05) is 6.26 Å². The van der Waals surface area contributed by atoms with E-state index < -0.39 is 22.0 Å². The van der Waals surface area contributed by atoms with E-state index in [0.717, 1.165) is 28.5 Å². The van der Waals surface area contributed by atoms with E-state index in [1.54, 1.807) is 56.5 Å². The molecule has 0 saturated carbocycles. The number of carbonyl (C=O) groups is 1. The zero-order chi connectivity index (χ0) is 26.3. The van der Waals surface area contributed by atoms with Crippen molar-refractivity contribution in [1.82, 2.24) is 4.72 Å². The molecular formula is C27H30N2O5S2. The Labute approximate surface area is 216 Å². The van der Waals surface area contributed by atoms with Crippen LogP contribution in [0.4, 0.5) is 0 Å². The zero-order valence-electron chi connectivity index (χ0n) is 20.7. The highest BCUT2D eigenvalue weighted by Gasteiger charge is 2.24. The first-order valence-electron chi connectivity index (χ1n) is 11.3. The molecule has 1 atom stereocenters. The quantitative estimate of drug-likeness (QED) is 0.304. The second-order valence-corrected chi connectivity index (χ2v) is 10.9. The van der Waals surface area contributed by atoms with Crippen molar-refractivity contribution in [2.45, 2.75) is 44.7 Å². The molecular weight excluding hydrogens is 496 g/mol. The largest absolute Gasteiger partial charge is 0.489 e. The van der Waals surface area contributed by atoms with Crippen LogP contribution in [0.25, 0.3) is 0 Å². The van der Waals surface area contributed by atoms with Gasteiger partial charge in [-0.25, -0.2) is 18.2 Å². The third kappa shape index (κ3) is 7.35. The van der Waals surface area contributed by atoms with Gasteiger partial charge in [0, 0.05) is 6.42 Å². The number of amidine groups is 1. The van der Waals surface area contributed by atoms with Gasteiger partial charge in [0.05, 0.1) is 4.90 Å². The molecule has 0 radical (unpaired) electrons. The van der Waals surface area contributed by atoms with E-state index in [-0.39, 0.29) is 16.5 Å². The molecule has 36 heavy (non-hydrogen) atoms. The predicted octanol–water partition coefficient (Wildman–Crippen LogP) is 4.88. The zero-order valence-corrected chi connectivity index (χ0v) is 22.3. The molecule has 0 heterocycles. The Hall–Kier alpha value is -3.30. The molecule has 0 spiro atoms. The lowest BCUT2D eigenvalue weighted by Gasteiger charge is -2.16. The molecule has 9 heteroatoms. The van der Waals surface area contributed by atoms with Crippen LogP contribution in [0.3, 0.4) is 0 Å². The Morgan fingerprint density at radius 1 is 1.00 bits per heavy atom. The summed E-state index contributed by atoms with van der Waals surface area (Å²) in [6.45, 7) is 5.80. The summed E-state index contributed by atoms with van der Waals surface area (Å²) < 4.78 is 34.5. The lowest BCUT2D eigenvalue weighted by atomic mass is 10.1. The van der Waals surface area contributed by atoms with E-state index in [4.69, 9.17) is 4.74 Å². The summed E-state index contributed by atoms with van der Waals surface area (Å²) in [5.41, 5.74) is 3.98. The number of nitrogens with zero attached hydrogens (tertiary/aromatic N) is 1. The van der Waals surface area contributed by atoms with Gasteiger partial charge in [-0.2, -0.15) is 0 Å². The molecule has 3 aromatic rings. The molecule has 0 aromatic heterocycles. The summed E-state index contributed by atoms with van der Waals surface area (Å²) in [4.78, 5) is 16.4. The molecule has 3 rings (SSSR count). The Morgan fingerprint density at radius 3 is 2.17 bits per heavy atom. The maximum Gasteiger partial charge on any atom is 0.328 e. The molecule has 0 saturated heterocycles. The fourth-order valence-electron chi connectivity index (χ4n) is 3.89. The molecule has 190 valence electrons. The van der Waals surface area contributed by atoms with Crippen LogP contribution < -0.4 is 9.46 Å². The Balaban J connectivity index is 1.73. The predicted molar refractivity (Wildman–Crippen MR) is 144 cm³/mol. The van der Waals surface area contributed by atoms with Crippen molar-refractivity contribution in [3.63, 3.8) is 0 Å². The number of ether oxygens (including phenoxy) is 1. The third-order valence-corrected chi connectivity index (χ3v) is 7.81. The summed E-state index contributed by atoms with van der Waals surface area (Å²) in [5.74, 6) is -0.479. The van der Waals surface area contributed by atoms with E-state index >= 15 is 0 Å². The minimum atomic E-state index is -3.94. The second-order valence-electron chi connectivity index (χ2n) is 8.45. The third-order valence-electron chi connectivity index (χ3n) is 5.45. The summed E-state index contributed by atoms with van der Waals surface area (Å²) in [5, 5.41) is 9.78.